The Balaban J connectivity index is 1.54. The number of hydrogen-bond donors (Lipinski definition) is 1. The van der Waals surface area contributed by atoms with Crippen molar-refractivity contribution >= 4 is 23.5 Å². The van der Waals surface area contributed by atoms with Crippen molar-refractivity contribution < 1.29 is 9.18 Å². The smallest absolute Gasteiger partial charge is 0.235 e. The van der Waals surface area contributed by atoms with Crippen LogP contribution < -0.4 is 5.32 Å². The fraction of sp³-hybridized carbons (Fsp3) is 0.280. The number of thioether (sulfide) groups is 1. The van der Waals surface area contributed by atoms with Gasteiger partial charge >= 0.3 is 0 Å². The Labute approximate surface area is 202 Å². The van der Waals surface area contributed by atoms with Crippen LogP contribution in [0.25, 0.3) is 11.4 Å². The number of aryl methyl sites for hydroxylation is 1. The van der Waals surface area contributed by atoms with E-state index in [4.69, 9.17) is 0 Å². The summed E-state index contributed by atoms with van der Waals surface area (Å²) in [7, 11) is 1.80. The zero-order valence-electron chi connectivity index (χ0n) is 19.6. The summed E-state index contributed by atoms with van der Waals surface area (Å²) in [4.78, 5) is 12.7. The van der Waals surface area contributed by atoms with Crippen LogP contribution in [-0.2, 0) is 23.8 Å². The minimum atomic E-state index is -0.371. The number of nitrogens with one attached hydrogen (secondary N) is 1. The van der Waals surface area contributed by atoms with Gasteiger partial charge in [0.25, 0.3) is 0 Å². The Kier molecular flexibility index (Phi) is 6.83. The molecule has 9 heteroatoms. The van der Waals surface area contributed by atoms with E-state index in [1.54, 1.807) is 29.9 Å². The Morgan fingerprint density at radius 3 is 2.44 bits per heavy atom. The average Bonchev–Trinajstić information content (AvgIpc) is 3.36. The summed E-state index contributed by atoms with van der Waals surface area (Å²) >= 11 is 1.26. The SMILES string of the molecule is Cn1nc(C(C)(C)C)cc1NC(=O)CSc1nnc(-c2ccccc2F)n1Cc1ccccc1. The minimum absolute atomic E-state index is 0.119. The molecule has 7 nitrogen and oxygen atoms in total. The lowest BCUT2D eigenvalue weighted by Gasteiger charge is -2.13. The maximum absolute atomic E-state index is 14.5. The van der Waals surface area contributed by atoms with Crippen molar-refractivity contribution in [3.05, 3.63) is 77.7 Å². The van der Waals surface area contributed by atoms with Crippen LogP contribution >= 0.6 is 11.8 Å². The van der Waals surface area contributed by atoms with Gasteiger partial charge in [-0.05, 0) is 17.7 Å². The van der Waals surface area contributed by atoms with Gasteiger partial charge in [-0.15, -0.1) is 10.2 Å². The van der Waals surface area contributed by atoms with Gasteiger partial charge in [-0.25, -0.2) is 4.39 Å². The third-order valence-corrected chi connectivity index (χ3v) is 6.23. The van der Waals surface area contributed by atoms with Crippen LogP contribution in [0.1, 0.15) is 32.0 Å². The molecule has 0 atom stereocenters. The second-order valence-corrected chi connectivity index (χ2v) is 9.93. The van der Waals surface area contributed by atoms with Crippen LogP contribution in [-0.4, -0.2) is 36.2 Å². The Morgan fingerprint density at radius 1 is 1.06 bits per heavy atom. The number of hydrogen-bond acceptors (Lipinski definition) is 5. The molecule has 0 saturated carbocycles. The van der Waals surface area contributed by atoms with Gasteiger partial charge in [0.1, 0.15) is 11.6 Å². The molecule has 0 bridgehead atoms. The van der Waals surface area contributed by atoms with E-state index < -0.39 is 0 Å². The molecule has 0 saturated heterocycles. The number of rotatable bonds is 7. The van der Waals surface area contributed by atoms with E-state index in [2.05, 4.69) is 41.4 Å². The molecule has 4 aromatic rings. The normalized spacial score (nSPS) is 11.6. The van der Waals surface area contributed by atoms with Crippen LogP contribution in [0.4, 0.5) is 10.2 Å². The molecule has 0 fully saturated rings. The molecule has 176 valence electrons. The molecule has 0 aliphatic rings. The van der Waals surface area contributed by atoms with E-state index in [0.717, 1.165) is 11.3 Å². The fourth-order valence-corrected chi connectivity index (χ4v) is 4.14. The summed E-state index contributed by atoms with van der Waals surface area (Å²) in [5, 5.41) is 16.5. The summed E-state index contributed by atoms with van der Waals surface area (Å²) in [6.45, 7) is 6.68. The highest BCUT2D eigenvalue weighted by Gasteiger charge is 2.21. The van der Waals surface area contributed by atoms with E-state index in [1.165, 1.54) is 17.8 Å². The van der Waals surface area contributed by atoms with E-state index in [9.17, 15) is 9.18 Å². The van der Waals surface area contributed by atoms with Gasteiger partial charge < -0.3 is 5.32 Å². The van der Waals surface area contributed by atoms with Gasteiger partial charge in [0, 0.05) is 18.5 Å². The van der Waals surface area contributed by atoms with Crippen molar-refractivity contribution in [1.82, 2.24) is 24.5 Å². The summed E-state index contributed by atoms with van der Waals surface area (Å²) in [6.07, 6.45) is 0. The lowest BCUT2D eigenvalue weighted by molar-refractivity contribution is -0.113. The molecular formula is C25H27FN6OS. The highest BCUT2D eigenvalue weighted by molar-refractivity contribution is 7.99. The van der Waals surface area contributed by atoms with Gasteiger partial charge in [0.2, 0.25) is 5.91 Å². The standard InChI is InChI=1S/C25H27FN6OS/c1-25(2,3)20-14-21(31(4)30-20)27-22(33)16-34-24-29-28-23(18-12-8-9-13-19(18)26)32(24)15-17-10-6-5-7-11-17/h5-14H,15-16H2,1-4H3,(H,27,33). The second-order valence-electron chi connectivity index (χ2n) is 8.98. The summed E-state index contributed by atoms with van der Waals surface area (Å²) in [5.41, 5.74) is 2.17. The molecule has 0 aliphatic heterocycles. The molecule has 4 rings (SSSR count). The van der Waals surface area contributed by atoms with Crippen LogP contribution in [0.2, 0.25) is 0 Å². The van der Waals surface area contributed by atoms with Crippen LogP contribution in [0.3, 0.4) is 0 Å². The van der Waals surface area contributed by atoms with Crippen molar-refractivity contribution in [2.75, 3.05) is 11.1 Å². The zero-order chi connectivity index (χ0) is 24.3. The van der Waals surface area contributed by atoms with Gasteiger partial charge in [0.15, 0.2) is 11.0 Å². The van der Waals surface area contributed by atoms with E-state index >= 15 is 0 Å². The molecular weight excluding hydrogens is 451 g/mol. The molecule has 34 heavy (non-hydrogen) atoms. The number of halogens is 1. The number of aromatic nitrogens is 5. The largest absolute Gasteiger partial charge is 0.310 e. The molecule has 2 aromatic heterocycles. The van der Waals surface area contributed by atoms with Crippen molar-refractivity contribution in [3.63, 3.8) is 0 Å². The number of amides is 1. The maximum atomic E-state index is 14.5. The summed E-state index contributed by atoms with van der Waals surface area (Å²) in [6, 6.07) is 18.2. The van der Waals surface area contributed by atoms with E-state index in [-0.39, 0.29) is 22.9 Å². The van der Waals surface area contributed by atoms with Crippen molar-refractivity contribution in [2.45, 2.75) is 37.9 Å². The number of benzene rings is 2. The first-order chi connectivity index (χ1) is 16.2. The third-order valence-electron chi connectivity index (χ3n) is 5.26. The minimum Gasteiger partial charge on any atom is -0.310 e. The van der Waals surface area contributed by atoms with Gasteiger partial charge in [-0.2, -0.15) is 5.10 Å². The van der Waals surface area contributed by atoms with Crippen LogP contribution in [0, 0.1) is 5.82 Å². The van der Waals surface area contributed by atoms with Crippen LogP contribution in [0.15, 0.2) is 65.8 Å². The second kappa shape index (κ2) is 9.80. The van der Waals surface area contributed by atoms with Gasteiger partial charge in [-0.1, -0.05) is 75.0 Å². The summed E-state index contributed by atoms with van der Waals surface area (Å²) in [5.74, 6) is 0.624. The number of anilines is 1. The first kappa shape index (κ1) is 23.7. The van der Waals surface area contributed by atoms with Crippen molar-refractivity contribution in [2.24, 2.45) is 7.05 Å². The maximum Gasteiger partial charge on any atom is 0.235 e. The Bertz CT molecular complexity index is 1290. The fourth-order valence-electron chi connectivity index (χ4n) is 3.41. The molecule has 2 aromatic carbocycles. The summed E-state index contributed by atoms with van der Waals surface area (Å²) < 4.78 is 18.0. The molecule has 1 amide bonds. The average molecular weight is 479 g/mol. The van der Waals surface area contributed by atoms with Gasteiger partial charge in [-0.3, -0.25) is 14.0 Å². The van der Waals surface area contributed by atoms with Gasteiger partial charge in [0.05, 0.1) is 23.6 Å². The number of carbonyl (C=O) groups excluding carboxylic acids is 1. The molecule has 2 heterocycles. The van der Waals surface area contributed by atoms with Crippen molar-refractivity contribution in [3.8, 4) is 11.4 Å². The monoisotopic (exact) mass is 478 g/mol. The quantitative estimate of drug-likeness (QED) is 0.383. The lowest BCUT2D eigenvalue weighted by atomic mass is 9.92. The van der Waals surface area contributed by atoms with Crippen LogP contribution in [0.5, 0.6) is 0 Å². The lowest BCUT2D eigenvalue weighted by Crippen LogP contribution is -2.17. The van der Waals surface area contributed by atoms with Crippen molar-refractivity contribution in [1.29, 1.82) is 0 Å². The topological polar surface area (TPSA) is 77.6 Å². The zero-order valence-corrected chi connectivity index (χ0v) is 20.4. The predicted octanol–water partition coefficient (Wildman–Crippen LogP) is 4.89. The van der Waals surface area contributed by atoms with E-state index in [0.29, 0.717) is 28.9 Å². The molecule has 1 N–H and O–H groups in total. The molecule has 0 radical (unpaired) electrons. The Morgan fingerprint density at radius 2 is 1.76 bits per heavy atom. The molecule has 0 aliphatic carbocycles. The number of carbonyl (C=O) groups is 1. The van der Waals surface area contributed by atoms with E-state index in [1.807, 2.05) is 41.0 Å². The molecule has 0 spiro atoms. The predicted molar refractivity (Wildman–Crippen MR) is 132 cm³/mol. The first-order valence-corrected chi connectivity index (χ1v) is 11.9. The highest BCUT2D eigenvalue weighted by Crippen LogP contribution is 2.27. The Hall–Kier alpha value is -3.46. The third kappa shape index (κ3) is 5.36. The molecule has 0 unspecified atom stereocenters. The number of nitrogens with zero attached hydrogens (tertiary/aromatic N) is 5. The highest BCUT2D eigenvalue weighted by atomic mass is 32.2. The first-order valence-electron chi connectivity index (χ1n) is 10.9.